The molecule has 0 fully saturated rings. The van der Waals surface area contributed by atoms with Gasteiger partial charge in [-0.2, -0.15) is 5.21 Å². The summed E-state index contributed by atoms with van der Waals surface area (Å²) in [6.45, 7) is 1.44. The van der Waals surface area contributed by atoms with Crippen molar-refractivity contribution in [1.29, 1.82) is 0 Å². The van der Waals surface area contributed by atoms with Crippen molar-refractivity contribution in [2.75, 3.05) is 5.75 Å². The molecule has 0 amide bonds. The minimum atomic E-state index is -1.30. The van der Waals surface area contributed by atoms with Crippen molar-refractivity contribution in [1.82, 2.24) is 20.6 Å². The topological polar surface area (TPSA) is 88.6 Å². The molecule has 0 spiro atoms. The van der Waals surface area contributed by atoms with E-state index in [9.17, 15) is 9.00 Å². The molecule has 6 nitrogen and oxygen atoms in total. The van der Waals surface area contributed by atoms with Gasteiger partial charge in [0.15, 0.2) is 0 Å². The highest BCUT2D eigenvalue weighted by atomic mass is 32.2. The maximum Gasteiger partial charge on any atom is 0.205 e. The van der Waals surface area contributed by atoms with Crippen LogP contribution in [0.15, 0.2) is 53.4 Å². The number of hydrogen-bond acceptors (Lipinski definition) is 5. The van der Waals surface area contributed by atoms with Gasteiger partial charge in [-0.15, -0.1) is 10.2 Å². The van der Waals surface area contributed by atoms with Gasteiger partial charge in [-0.3, -0.25) is 9.00 Å². The van der Waals surface area contributed by atoms with Gasteiger partial charge in [-0.25, -0.2) is 0 Å². The number of benzene rings is 2. The van der Waals surface area contributed by atoms with E-state index in [-0.39, 0.29) is 11.5 Å². The molecule has 1 aromatic heterocycles. The summed E-state index contributed by atoms with van der Waals surface area (Å²) < 4.78 is 12.0. The van der Waals surface area contributed by atoms with Crippen LogP contribution in [-0.4, -0.2) is 36.4 Å². The molecular weight excluding hydrogens is 312 g/mol. The molecule has 0 aliphatic rings. The van der Waals surface area contributed by atoms with Crippen LogP contribution in [0, 0.1) is 0 Å². The number of carbonyl (C=O) groups excluding carboxylic acids is 1. The first-order chi connectivity index (χ1) is 11.1. The van der Waals surface area contributed by atoms with Crippen LogP contribution in [0.25, 0.3) is 22.5 Å². The molecular formula is C16H14N4O2S. The highest BCUT2D eigenvalue weighted by molar-refractivity contribution is 7.85. The third-order valence-electron chi connectivity index (χ3n) is 3.28. The Morgan fingerprint density at radius 1 is 1.09 bits per heavy atom. The Bertz CT molecular complexity index is 845. The number of rotatable bonds is 5. The first kappa shape index (κ1) is 15.2. The number of nitrogens with zero attached hydrogens (tertiary/aromatic N) is 3. The Morgan fingerprint density at radius 2 is 1.78 bits per heavy atom. The predicted octanol–water partition coefficient (Wildman–Crippen LogP) is 2.23. The summed E-state index contributed by atoms with van der Waals surface area (Å²) in [7, 11) is -1.30. The lowest BCUT2D eigenvalue weighted by atomic mass is 9.99. The van der Waals surface area contributed by atoms with Gasteiger partial charge in [0.2, 0.25) is 5.82 Å². The first-order valence-electron chi connectivity index (χ1n) is 6.96. The molecule has 0 saturated carbocycles. The fourth-order valence-electron chi connectivity index (χ4n) is 2.26. The van der Waals surface area contributed by atoms with E-state index in [2.05, 4.69) is 20.6 Å². The zero-order chi connectivity index (χ0) is 16.2. The van der Waals surface area contributed by atoms with Crippen LogP contribution < -0.4 is 0 Å². The summed E-state index contributed by atoms with van der Waals surface area (Å²) >= 11 is 0. The molecule has 1 unspecified atom stereocenters. The minimum Gasteiger partial charge on any atom is -0.299 e. The Balaban J connectivity index is 1.95. The number of Topliss-reactive ketones (excluding diaryl/α,β-unsaturated/α-hetero) is 1. The number of hydrogen-bond donors (Lipinski definition) is 1. The van der Waals surface area contributed by atoms with E-state index < -0.39 is 10.8 Å². The molecule has 0 aliphatic heterocycles. The summed E-state index contributed by atoms with van der Waals surface area (Å²) in [6.07, 6.45) is 0. The number of aromatic nitrogens is 4. The lowest BCUT2D eigenvalue weighted by Crippen LogP contribution is -2.06. The number of carbonyl (C=O) groups is 1. The zero-order valence-corrected chi connectivity index (χ0v) is 13.2. The molecule has 0 aliphatic carbocycles. The third-order valence-corrected chi connectivity index (χ3v) is 4.74. The lowest BCUT2D eigenvalue weighted by Gasteiger charge is -2.07. The maximum atomic E-state index is 12.0. The fourth-order valence-corrected chi connectivity index (χ4v) is 3.24. The molecule has 3 aromatic rings. The van der Waals surface area contributed by atoms with E-state index in [4.69, 9.17) is 0 Å². The van der Waals surface area contributed by atoms with Gasteiger partial charge in [-0.05, 0) is 35.4 Å². The quantitative estimate of drug-likeness (QED) is 0.776. The molecule has 7 heteroatoms. The van der Waals surface area contributed by atoms with Crippen LogP contribution in [-0.2, 0) is 15.6 Å². The Labute approximate surface area is 135 Å². The smallest absolute Gasteiger partial charge is 0.205 e. The van der Waals surface area contributed by atoms with E-state index in [0.29, 0.717) is 10.7 Å². The Hall–Kier alpha value is -2.67. The van der Waals surface area contributed by atoms with E-state index in [1.165, 1.54) is 6.92 Å². The van der Waals surface area contributed by atoms with Crippen molar-refractivity contribution in [2.45, 2.75) is 11.8 Å². The molecule has 0 saturated heterocycles. The number of tetrazole rings is 1. The third kappa shape index (κ3) is 3.40. The average molecular weight is 326 g/mol. The first-order valence-corrected chi connectivity index (χ1v) is 8.28. The summed E-state index contributed by atoms with van der Waals surface area (Å²) in [4.78, 5) is 11.7. The van der Waals surface area contributed by atoms with Gasteiger partial charge in [-0.1, -0.05) is 36.4 Å². The molecule has 23 heavy (non-hydrogen) atoms. The fraction of sp³-hybridized carbons (Fsp3) is 0.125. The van der Waals surface area contributed by atoms with Crippen LogP contribution in [0.4, 0.5) is 0 Å². The monoisotopic (exact) mass is 326 g/mol. The van der Waals surface area contributed by atoms with Gasteiger partial charge < -0.3 is 0 Å². The molecule has 1 heterocycles. The molecule has 116 valence electrons. The zero-order valence-electron chi connectivity index (χ0n) is 12.4. The SMILES string of the molecule is CC(=O)CS(=O)c1ccc(-c2ccccc2-c2nn[nH]n2)cc1. The van der Waals surface area contributed by atoms with Crippen molar-refractivity contribution in [2.24, 2.45) is 0 Å². The normalized spacial score (nSPS) is 12.0. The molecule has 1 N–H and O–H groups in total. The van der Waals surface area contributed by atoms with Crippen LogP contribution in [0.3, 0.4) is 0 Å². The van der Waals surface area contributed by atoms with Gasteiger partial charge in [0.25, 0.3) is 0 Å². The summed E-state index contributed by atoms with van der Waals surface area (Å²) in [5, 5.41) is 14.1. The number of nitrogens with one attached hydrogen (secondary N) is 1. The lowest BCUT2D eigenvalue weighted by molar-refractivity contribution is -0.114. The molecule has 0 radical (unpaired) electrons. The van der Waals surface area contributed by atoms with E-state index >= 15 is 0 Å². The van der Waals surface area contributed by atoms with Crippen LogP contribution in [0.1, 0.15) is 6.92 Å². The van der Waals surface area contributed by atoms with Crippen LogP contribution in [0.5, 0.6) is 0 Å². The highest BCUT2D eigenvalue weighted by Crippen LogP contribution is 2.30. The standard InChI is InChI=1S/C16H14N4O2S/c1-11(21)10-23(22)13-8-6-12(7-9-13)14-4-2-3-5-15(14)16-17-19-20-18-16/h2-9H,10H2,1H3,(H,17,18,19,20). The molecule has 2 aromatic carbocycles. The Morgan fingerprint density at radius 3 is 2.39 bits per heavy atom. The second-order valence-corrected chi connectivity index (χ2v) is 6.45. The molecule has 1 atom stereocenters. The van der Waals surface area contributed by atoms with Crippen molar-refractivity contribution in [3.63, 3.8) is 0 Å². The van der Waals surface area contributed by atoms with Crippen LogP contribution >= 0.6 is 0 Å². The number of ketones is 1. The average Bonchev–Trinajstić information content (AvgIpc) is 3.09. The van der Waals surface area contributed by atoms with Crippen molar-refractivity contribution in [3.05, 3.63) is 48.5 Å². The predicted molar refractivity (Wildman–Crippen MR) is 87.0 cm³/mol. The molecule has 0 bridgehead atoms. The van der Waals surface area contributed by atoms with Crippen molar-refractivity contribution in [3.8, 4) is 22.5 Å². The molecule has 3 rings (SSSR count). The number of aromatic amines is 1. The van der Waals surface area contributed by atoms with Gasteiger partial charge in [0, 0.05) is 10.5 Å². The van der Waals surface area contributed by atoms with E-state index in [1.807, 2.05) is 36.4 Å². The summed E-state index contributed by atoms with van der Waals surface area (Å²) in [5.74, 6) is 0.471. The van der Waals surface area contributed by atoms with E-state index in [1.54, 1.807) is 12.1 Å². The highest BCUT2D eigenvalue weighted by Gasteiger charge is 2.11. The van der Waals surface area contributed by atoms with Crippen molar-refractivity contribution >= 4 is 16.6 Å². The van der Waals surface area contributed by atoms with Crippen molar-refractivity contribution < 1.29 is 9.00 Å². The van der Waals surface area contributed by atoms with E-state index in [0.717, 1.165) is 16.7 Å². The Kier molecular flexibility index (Phi) is 4.38. The minimum absolute atomic E-state index is 0.0405. The summed E-state index contributed by atoms with van der Waals surface area (Å²) in [6, 6.07) is 15.0. The largest absolute Gasteiger partial charge is 0.299 e. The van der Waals surface area contributed by atoms with Gasteiger partial charge >= 0.3 is 0 Å². The summed E-state index contributed by atoms with van der Waals surface area (Å²) in [5.41, 5.74) is 2.77. The van der Waals surface area contributed by atoms with Gasteiger partial charge in [0.05, 0.1) is 16.6 Å². The van der Waals surface area contributed by atoms with Crippen LogP contribution in [0.2, 0.25) is 0 Å². The number of H-pyrrole nitrogens is 1. The van der Waals surface area contributed by atoms with Gasteiger partial charge in [0.1, 0.15) is 5.78 Å². The second-order valence-electron chi connectivity index (χ2n) is 5.00. The maximum absolute atomic E-state index is 12.0. The second kappa shape index (κ2) is 6.62.